The summed E-state index contributed by atoms with van der Waals surface area (Å²) in [6.07, 6.45) is 8.01. The summed E-state index contributed by atoms with van der Waals surface area (Å²) in [5.41, 5.74) is 4.61. The van der Waals surface area contributed by atoms with Crippen LogP contribution in [0.4, 0.5) is 0 Å². The smallest absolute Gasteiger partial charge is 0.204 e. The minimum atomic E-state index is 0.620. The maximum atomic E-state index is 4.79. The number of aromatic amines is 1. The van der Waals surface area contributed by atoms with E-state index in [2.05, 4.69) is 83.9 Å². The molecule has 0 bridgehead atoms. The quantitative estimate of drug-likeness (QED) is 0.370. The molecular weight excluding hydrogens is 410 g/mol. The predicted octanol–water partition coefficient (Wildman–Crippen LogP) is 5.11. The highest BCUT2D eigenvalue weighted by molar-refractivity contribution is 5.60. The maximum Gasteiger partial charge on any atom is 0.204 e. The molecule has 0 radical (unpaired) electrons. The molecule has 7 nitrogen and oxygen atoms in total. The third-order valence-electron chi connectivity index (χ3n) is 5.55. The highest BCUT2D eigenvalue weighted by atomic mass is 15.5. The fourth-order valence-electron chi connectivity index (χ4n) is 3.71. The van der Waals surface area contributed by atoms with Crippen molar-refractivity contribution < 1.29 is 0 Å². The molecule has 0 aliphatic carbocycles. The van der Waals surface area contributed by atoms with Gasteiger partial charge in [-0.25, -0.2) is 9.67 Å². The van der Waals surface area contributed by atoms with Gasteiger partial charge in [0.2, 0.25) is 5.82 Å². The predicted molar refractivity (Wildman–Crippen MR) is 130 cm³/mol. The normalized spacial score (nSPS) is 11.6. The van der Waals surface area contributed by atoms with E-state index in [1.54, 1.807) is 0 Å². The Kier molecular flexibility index (Phi) is 7.40. The molecule has 0 amide bonds. The molecule has 0 saturated carbocycles. The van der Waals surface area contributed by atoms with Crippen molar-refractivity contribution in [2.24, 2.45) is 5.92 Å². The number of nitrogens with zero attached hydrogens (tertiary/aromatic N) is 6. The van der Waals surface area contributed by atoms with Crippen molar-refractivity contribution >= 4 is 6.08 Å². The lowest BCUT2D eigenvalue weighted by atomic mass is 9.98. The summed E-state index contributed by atoms with van der Waals surface area (Å²) in [4.78, 5) is 4.77. The second-order valence-corrected chi connectivity index (χ2v) is 8.67. The second-order valence-electron chi connectivity index (χ2n) is 8.67. The van der Waals surface area contributed by atoms with Crippen LogP contribution in [0.1, 0.15) is 62.0 Å². The van der Waals surface area contributed by atoms with Crippen molar-refractivity contribution in [1.29, 1.82) is 0 Å². The molecule has 4 aromatic rings. The molecule has 2 aromatic carbocycles. The Bertz CT molecular complexity index is 1170. The average molecular weight is 442 g/mol. The Morgan fingerprint density at radius 1 is 1.03 bits per heavy atom. The monoisotopic (exact) mass is 441 g/mol. The number of hydrogen-bond donors (Lipinski definition) is 1. The van der Waals surface area contributed by atoms with E-state index >= 15 is 0 Å². The average Bonchev–Trinajstić information content (AvgIpc) is 3.48. The van der Waals surface area contributed by atoms with Crippen molar-refractivity contribution in [1.82, 2.24) is 35.4 Å². The topological polar surface area (TPSA) is 85.2 Å². The fourth-order valence-corrected chi connectivity index (χ4v) is 3.71. The van der Waals surface area contributed by atoms with Crippen LogP contribution in [0.2, 0.25) is 0 Å². The molecule has 7 heteroatoms. The zero-order chi connectivity index (χ0) is 23.0. The van der Waals surface area contributed by atoms with E-state index in [9.17, 15) is 0 Å². The second kappa shape index (κ2) is 10.8. The van der Waals surface area contributed by atoms with Gasteiger partial charge in [-0.05, 0) is 53.2 Å². The molecule has 170 valence electrons. The van der Waals surface area contributed by atoms with E-state index in [1.807, 2.05) is 22.9 Å². The van der Waals surface area contributed by atoms with Crippen molar-refractivity contribution in [3.8, 4) is 11.4 Å². The van der Waals surface area contributed by atoms with Crippen LogP contribution < -0.4 is 0 Å². The number of rotatable bonds is 10. The Labute approximate surface area is 195 Å². The lowest BCUT2D eigenvalue weighted by Crippen LogP contribution is -2.05. The molecule has 2 heterocycles. The molecule has 4 rings (SSSR count). The molecule has 0 aliphatic rings. The van der Waals surface area contributed by atoms with Crippen LogP contribution in [0.15, 0.2) is 54.6 Å². The van der Waals surface area contributed by atoms with Gasteiger partial charge in [0, 0.05) is 12.0 Å². The van der Waals surface area contributed by atoms with Gasteiger partial charge in [-0.15, -0.1) is 10.2 Å². The molecule has 0 saturated heterocycles. The molecule has 0 aliphatic heterocycles. The maximum absolute atomic E-state index is 4.79. The highest BCUT2D eigenvalue weighted by Gasteiger charge is 2.11. The number of aromatic nitrogens is 7. The SMILES string of the molecule is CCC=Cc1nc(CCC(C)C)nn1Cc1ccc(Cc2ccccc2-c2nn[nH]n2)cc1. The van der Waals surface area contributed by atoms with E-state index in [4.69, 9.17) is 10.1 Å². The van der Waals surface area contributed by atoms with Gasteiger partial charge in [0.1, 0.15) is 0 Å². The number of benzene rings is 2. The van der Waals surface area contributed by atoms with Crippen LogP contribution in [0, 0.1) is 5.92 Å². The summed E-state index contributed by atoms with van der Waals surface area (Å²) in [5.74, 6) is 3.11. The standard InChI is InChI=1S/C26H31N7/c1-4-5-10-25-27-24(16-11-19(2)3)30-33(25)18-21-14-12-20(13-15-21)17-22-8-6-7-9-23(22)26-28-31-32-29-26/h5-10,12-15,19H,4,11,16-18H2,1-3H3,(H,28,29,31,32). The van der Waals surface area contributed by atoms with Crippen LogP contribution in [-0.2, 0) is 19.4 Å². The first kappa shape index (κ1) is 22.6. The van der Waals surface area contributed by atoms with Gasteiger partial charge in [-0.3, -0.25) is 0 Å². The van der Waals surface area contributed by atoms with Crippen LogP contribution in [0.25, 0.3) is 17.5 Å². The van der Waals surface area contributed by atoms with Gasteiger partial charge in [0.15, 0.2) is 11.6 Å². The molecule has 1 N–H and O–H groups in total. The first-order valence-corrected chi connectivity index (χ1v) is 11.6. The van der Waals surface area contributed by atoms with Gasteiger partial charge in [-0.1, -0.05) is 75.4 Å². The molecule has 0 spiro atoms. The van der Waals surface area contributed by atoms with Crippen LogP contribution >= 0.6 is 0 Å². The van der Waals surface area contributed by atoms with Gasteiger partial charge in [-0.2, -0.15) is 10.3 Å². The zero-order valence-corrected chi connectivity index (χ0v) is 19.6. The van der Waals surface area contributed by atoms with Crippen molar-refractivity contribution in [3.63, 3.8) is 0 Å². The molecular formula is C26H31N7. The lowest BCUT2D eigenvalue weighted by Gasteiger charge is -2.08. The Morgan fingerprint density at radius 3 is 2.55 bits per heavy atom. The van der Waals surface area contributed by atoms with E-state index in [1.165, 1.54) is 16.7 Å². The van der Waals surface area contributed by atoms with Crippen molar-refractivity contribution in [2.45, 2.75) is 53.0 Å². The van der Waals surface area contributed by atoms with Crippen molar-refractivity contribution in [2.75, 3.05) is 0 Å². The molecule has 0 unspecified atom stereocenters. The third-order valence-corrected chi connectivity index (χ3v) is 5.55. The molecule has 0 atom stereocenters. The first-order chi connectivity index (χ1) is 16.1. The number of tetrazole rings is 1. The lowest BCUT2D eigenvalue weighted by molar-refractivity contribution is 0.569. The van der Waals surface area contributed by atoms with E-state index < -0.39 is 0 Å². The third kappa shape index (κ3) is 6.00. The fraction of sp³-hybridized carbons (Fsp3) is 0.346. The minimum absolute atomic E-state index is 0.620. The first-order valence-electron chi connectivity index (χ1n) is 11.6. The Balaban J connectivity index is 1.49. The number of nitrogens with one attached hydrogen (secondary N) is 1. The molecule has 33 heavy (non-hydrogen) atoms. The number of aryl methyl sites for hydroxylation is 1. The largest absolute Gasteiger partial charge is 0.242 e. The van der Waals surface area contributed by atoms with E-state index in [-0.39, 0.29) is 0 Å². The van der Waals surface area contributed by atoms with Gasteiger partial charge < -0.3 is 0 Å². The Hall–Kier alpha value is -3.61. The van der Waals surface area contributed by atoms with Gasteiger partial charge >= 0.3 is 0 Å². The summed E-state index contributed by atoms with van der Waals surface area (Å²) in [6, 6.07) is 16.9. The number of H-pyrrole nitrogens is 1. The zero-order valence-electron chi connectivity index (χ0n) is 19.6. The van der Waals surface area contributed by atoms with Crippen LogP contribution in [-0.4, -0.2) is 35.4 Å². The Morgan fingerprint density at radius 2 is 1.82 bits per heavy atom. The van der Waals surface area contributed by atoms with E-state index in [0.717, 1.165) is 42.9 Å². The highest BCUT2D eigenvalue weighted by Crippen LogP contribution is 2.22. The number of allylic oxidation sites excluding steroid dienone is 1. The van der Waals surface area contributed by atoms with Crippen LogP contribution in [0.3, 0.4) is 0 Å². The summed E-state index contributed by atoms with van der Waals surface area (Å²) >= 11 is 0. The minimum Gasteiger partial charge on any atom is -0.242 e. The van der Waals surface area contributed by atoms with Crippen LogP contribution in [0.5, 0.6) is 0 Å². The van der Waals surface area contributed by atoms with Gasteiger partial charge in [0.05, 0.1) is 6.54 Å². The molecule has 0 fully saturated rings. The summed E-state index contributed by atoms with van der Waals surface area (Å²) in [5, 5.41) is 19.3. The van der Waals surface area contributed by atoms with Gasteiger partial charge in [0.25, 0.3) is 0 Å². The summed E-state index contributed by atoms with van der Waals surface area (Å²) < 4.78 is 2.02. The molecule has 2 aromatic heterocycles. The number of hydrogen-bond acceptors (Lipinski definition) is 5. The summed E-state index contributed by atoms with van der Waals surface area (Å²) in [6.45, 7) is 7.30. The van der Waals surface area contributed by atoms with Crippen molar-refractivity contribution in [3.05, 3.63) is 82.9 Å². The summed E-state index contributed by atoms with van der Waals surface area (Å²) in [7, 11) is 0. The van der Waals surface area contributed by atoms with E-state index in [0.29, 0.717) is 18.3 Å².